The van der Waals surface area contributed by atoms with Gasteiger partial charge in [0, 0.05) is 31.4 Å². The first-order valence-electron chi connectivity index (χ1n) is 6.60. The van der Waals surface area contributed by atoms with Crippen LogP contribution in [0.2, 0.25) is 0 Å². The van der Waals surface area contributed by atoms with Crippen molar-refractivity contribution in [2.24, 2.45) is 0 Å². The molecule has 2 N–H and O–H groups in total. The molecule has 1 heterocycles. The van der Waals surface area contributed by atoms with Crippen LogP contribution in [0.4, 0.5) is 18.9 Å². The molecule has 1 aliphatic heterocycles. The third kappa shape index (κ3) is 3.62. The molecule has 0 aliphatic carbocycles. The molecule has 0 amide bonds. The minimum Gasteiger partial charge on any atom is -0.376 e. The van der Waals surface area contributed by atoms with E-state index >= 15 is 0 Å². The Morgan fingerprint density at radius 3 is 2.29 bits per heavy atom. The first kappa shape index (κ1) is 18.1. The summed E-state index contributed by atoms with van der Waals surface area (Å²) in [6.45, 7) is 5.35. The zero-order valence-corrected chi connectivity index (χ0v) is 12.8. The fourth-order valence-corrected chi connectivity index (χ4v) is 2.37. The van der Waals surface area contributed by atoms with Gasteiger partial charge in [-0.2, -0.15) is 13.2 Å². The predicted octanol–water partition coefficient (Wildman–Crippen LogP) is 2.68. The van der Waals surface area contributed by atoms with Crippen molar-refractivity contribution in [1.82, 2.24) is 5.32 Å². The van der Waals surface area contributed by atoms with Gasteiger partial charge in [0.05, 0.1) is 0 Å². The highest BCUT2D eigenvalue weighted by molar-refractivity contribution is 5.85. The van der Waals surface area contributed by atoms with Crippen LogP contribution < -0.4 is 10.2 Å². The first-order chi connectivity index (χ1) is 9.23. The molecule has 0 aromatic heterocycles. The molecule has 0 saturated carbocycles. The zero-order valence-electron chi connectivity index (χ0n) is 11.9. The van der Waals surface area contributed by atoms with Crippen molar-refractivity contribution in [3.05, 3.63) is 29.8 Å². The fourth-order valence-electron chi connectivity index (χ4n) is 2.37. The van der Waals surface area contributed by atoms with Gasteiger partial charge in [-0.1, -0.05) is 12.1 Å². The van der Waals surface area contributed by atoms with E-state index in [-0.39, 0.29) is 24.0 Å². The van der Waals surface area contributed by atoms with Crippen molar-refractivity contribution in [2.45, 2.75) is 31.7 Å². The molecule has 1 fully saturated rings. The Labute approximate surface area is 128 Å². The van der Waals surface area contributed by atoms with Crippen LogP contribution in [0.5, 0.6) is 0 Å². The second-order valence-corrected chi connectivity index (χ2v) is 5.36. The number of nitrogens with one attached hydrogen (secondary N) is 1. The topological polar surface area (TPSA) is 35.5 Å². The fraction of sp³-hybridized carbons (Fsp3) is 0.571. The second-order valence-electron chi connectivity index (χ2n) is 5.36. The lowest BCUT2D eigenvalue weighted by Crippen LogP contribution is -2.50. The molecule has 1 saturated heterocycles. The van der Waals surface area contributed by atoms with Gasteiger partial charge >= 0.3 is 6.18 Å². The highest BCUT2D eigenvalue weighted by Crippen LogP contribution is 2.38. The molecular weight excluding hydrogens is 305 g/mol. The maximum absolute atomic E-state index is 12.8. The molecule has 2 atom stereocenters. The minimum absolute atomic E-state index is 0. The maximum atomic E-state index is 12.8. The molecule has 1 aliphatic rings. The Morgan fingerprint density at radius 2 is 1.81 bits per heavy atom. The highest BCUT2D eigenvalue weighted by Gasteiger charge is 2.51. The van der Waals surface area contributed by atoms with Crippen molar-refractivity contribution >= 4 is 18.1 Å². The standard InChI is InChI=1S/C14H19F3N2O.ClH/c1-10-9-18-7-8-19(10)12-5-3-11(4-6-12)13(2,20)14(15,16)17;/h3-6,10,18,20H,7-9H2,1-2H3;1H/t10-,13?;/m0./s1. The van der Waals surface area contributed by atoms with Gasteiger partial charge < -0.3 is 15.3 Å². The number of aliphatic hydroxyl groups is 1. The number of piperazine rings is 1. The Bertz CT molecular complexity index is 462. The number of anilines is 1. The summed E-state index contributed by atoms with van der Waals surface area (Å²) in [5, 5.41) is 12.9. The molecule has 21 heavy (non-hydrogen) atoms. The number of alkyl halides is 3. The summed E-state index contributed by atoms with van der Waals surface area (Å²) in [4.78, 5) is 2.14. The number of benzene rings is 1. The predicted molar refractivity (Wildman–Crippen MR) is 79.0 cm³/mol. The van der Waals surface area contributed by atoms with E-state index in [2.05, 4.69) is 17.1 Å². The average Bonchev–Trinajstić information content (AvgIpc) is 2.38. The molecule has 7 heteroatoms. The van der Waals surface area contributed by atoms with Gasteiger partial charge in [0.15, 0.2) is 5.60 Å². The van der Waals surface area contributed by atoms with Gasteiger partial charge in [-0.25, -0.2) is 0 Å². The molecule has 0 bridgehead atoms. The summed E-state index contributed by atoms with van der Waals surface area (Å²) >= 11 is 0. The summed E-state index contributed by atoms with van der Waals surface area (Å²) in [5.74, 6) is 0. The molecule has 2 rings (SSSR count). The van der Waals surface area contributed by atoms with E-state index in [1.165, 1.54) is 12.1 Å². The Kier molecular flexibility index (Phi) is 5.52. The van der Waals surface area contributed by atoms with Crippen LogP contribution in [0.25, 0.3) is 0 Å². The van der Waals surface area contributed by atoms with Crippen molar-refractivity contribution in [2.75, 3.05) is 24.5 Å². The summed E-state index contributed by atoms with van der Waals surface area (Å²) in [7, 11) is 0. The first-order valence-corrected chi connectivity index (χ1v) is 6.60. The lowest BCUT2D eigenvalue weighted by molar-refractivity contribution is -0.258. The molecule has 0 radical (unpaired) electrons. The van der Waals surface area contributed by atoms with Crippen LogP contribution in [0.1, 0.15) is 19.4 Å². The molecule has 1 unspecified atom stereocenters. The minimum atomic E-state index is -4.68. The van der Waals surface area contributed by atoms with E-state index in [1.54, 1.807) is 12.1 Å². The average molecular weight is 325 g/mol. The molecule has 120 valence electrons. The lowest BCUT2D eigenvalue weighted by atomic mass is 9.95. The van der Waals surface area contributed by atoms with Crippen molar-refractivity contribution < 1.29 is 18.3 Å². The number of hydrogen-bond acceptors (Lipinski definition) is 3. The number of hydrogen-bond donors (Lipinski definition) is 2. The third-order valence-electron chi connectivity index (χ3n) is 3.81. The monoisotopic (exact) mass is 324 g/mol. The molecular formula is C14H20ClF3N2O. The summed E-state index contributed by atoms with van der Waals surface area (Å²) < 4.78 is 38.3. The normalized spacial score (nSPS) is 22.4. The second kappa shape index (κ2) is 6.42. The van der Waals surface area contributed by atoms with Crippen LogP contribution in [0.3, 0.4) is 0 Å². The SMILES string of the molecule is C[C@H]1CNCCN1c1ccc(C(C)(O)C(F)(F)F)cc1.Cl. The number of nitrogens with zero attached hydrogens (tertiary/aromatic N) is 1. The van der Waals surface area contributed by atoms with Crippen LogP contribution in [0, 0.1) is 0 Å². The van der Waals surface area contributed by atoms with Gasteiger partial charge in [0.1, 0.15) is 0 Å². The molecule has 0 spiro atoms. The van der Waals surface area contributed by atoms with E-state index in [0.717, 1.165) is 32.2 Å². The lowest BCUT2D eigenvalue weighted by Gasteiger charge is -2.36. The Hall–Kier alpha value is -0.980. The van der Waals surface area contributed by atoms with Gasteiger partial charge in [-0.05, 0) is 31.5 Å². The quantitative estimate of drug-likeness (QED) is 0.878. The van der Waals surface area contributed by atoms with E-state index in [9.17, 15) is 18.3 Å². The highest BCUT2D eigenvalue weighted by atomic mass is 35.5. The van der Waals surface area contributed by atoms with Gasteiger partial charge in [0.2, 0.25) is 0 Å². The van der Waals surface area contributed by atoms with Crippen LogP contribution >= 0.6 is 12.4 Å². The summed E-state index contributed by atoms with van der Waals surface area (Å²) in [6.07, 6.45) is -4.68. The summed E-state index contributed by atoms with van der Waals surface area (Å²) in [5.41, 5.74) is -2.09. The Morgan fingerprint density at radius 1 is 1.24 bits per heavy atom. The van der Waals surface area contributed by atoms with Gasteiger partial charge in [0.25, 0.3) is 0 Å². The molecule has 3 nitrogen and oxygen atoms in total. The van der Waals surface area contributed by atoms with Crippen LogP contribution in [0.15, 0.2) is 24.3 Å². The van der Waals surface area contributed by atoms with E-state index < -0.39 is 11.8 Å². The zero-order chi connectivity index (χ0) is 15.0. The Balaban J connectivity index is 0.00000220. The maximum Gasteiger partial charge on any atom is 0.421 e. The van der Waals surface area contributed by atoms with E-state index in [1.807, 2.05) is 0 Å². The molecule has 1 aromatic rings. The number of halogens is 4. The summed E-state index contributed by atoms with van der Waals surface area (Å²) in [6, 6.07) is 6.25. The van der Waals surface area contributed by atoms with E-state index in [0.29, 0.717) is 0 Å². The smallest absolute Gasteiger partial charge is 0.376 e. The van der Waals surface area contributed by atoms with Gasteiger partial charge in [-0.3, -0.25) is 0 Å². The third-order valence-corrected chi connectivity index (χ3v) is 3.81. The van der Waals surface area contributed by atoms with Crippen LogP contribution in [-0.2, 0) is 5.60 Å². The number of rotatable bonds is 2. The van der Waals surface area contributed by atoms with Crippen molar-refractivity contribution in [3.63, 3.8) is 0 Å². The van der Waals surface area contributed by atoms with Crippen molar-refractivity contribution in [1.29, 1.82) is 0 Å². The molecule has 1 aromatic carbocycles. The largest absolute Gasteiger partial charge is 0.421 e. The van der Waals surface area contributed by atoms with Gasteiger partial charge in [-0.15, -0.1) is 12.4 Å². The van der Waals surface area contributed by atoms with E-state index in [4.69, 9.17) is 0 Å². The van der Waals surface area contributed by atoms with Crippen LogP contribution in [-0.4, -0.2) is 37.0 Å². The van der Waals surface area contributed by atoms with Crippen molar-refractivity contribution in [3.8, 4) is 0 Å².